The van der Waals surface area contributed by atoms with E-state index in [4.69, 9.17) is 0 Å². The third-order valence-corrected chi connectivity index (χ3v) is 4.86. The molecule has 1 amide bonds. The van der Waals surface area contributed by atoms with Crippen molar-refractivity contribution in [2.75, 3.05) is 18.4 Å². The number of halogens is 2. The van der Waals surface area contributed by atoms with Gasteiger partial charge < -0.3 is 15.0 Å². The number of para-hydroxylation sites is 1. The molecule has 1 fully saturated rings. The molecule has 7 nitrogen and oxygen atoms in total. The Balaban J connectivity index is 0.000000282. The molecule has 5 rings (SSSR count). The molecule has 4 aromatic rings. The highest BCUT2D eigenvalue weighted by Crippen LogP contribution is 2.19. The summed E-state index contributed by atoms with van der Waals surface area (Å²) in [6.45, 7) is 3.35. The van der Waals surface area contributed by atoms with E-state index in [1.807, 2.05) is 0 Å². The molecule has 1 aliphatic rings. The number of rotatable bonds is 2. The van der Waals surface area contributed by atoms with Gasteiger partial charge in [-0.3, -0.25) is 14.8 Å². The fourth-order valence-electron chi connectivity index (χ4n) is 3.43. The Hall–Kier alpha value is -3.46. The number of hydrogen-bond acceptors (Lipinski definition) is 5. The first-order valence-electron chi connectivity index (χ1n) is 10.0. The van der Waals surface area contributed by atoms with Gasteiger partial charge in [0.1, 0.15) is 11.7 Å². The number of pyridine rings is 1. The van der Waals surface area contributed by atoms with E-state index < -0.39 is 12.0 Å². The Bertz CT molecular complexity index is 1210. The molecular weight excluding hydrogens is 402 g/mol. The molecule has 0 aliphatic carbocycles. The van der Waals surface area contributed by atoms with Crippen LogP contribution in [0, 0.1) is 12.7 Å². The van der Waals surface area contributed by atoms with Crippen molar-refractivity contribution in [3.63, 3.8) is 0 Å². The minimum atomic E-state index is -0.575. The predicted octanol–water partition coefficient (Wildman–Crippen LogP) is 3.69. The van der Waals surface area contributed by atoms with Crippen LogP contribution in [0.3, 0.4) is 0 Å². The highest BCUT2D eigenvalue weighted by atomic mass is 19.1. The van der Waals surface area contributed by atoms with Crippen molar-refractivity contribution in [3.05, 3.63) is 66.1 Å². The van der Waals surface area contributed by atoms with Gasteiger partial charge in [0.15, 0.2) is 11.5 Å². The molecule has 1 unspecified atom stereocenters. The number of piperidine rings is 1. The quantitative estimate of drug-likeness (QED) is 0.513. The molecule has 0 bridgehead atoms. The number of amides is 1. The number of aryl methyl sites for hydroxylation is 1. The van der Waals surface area contributed by atoms with Crippen LogP contribution < -0.4 is 10.6 Å². The van der Waals surface area contributed by atoms with Crippen LogP contribution in [0.4, 0.5) is 14.5 Å². The molecule has 0 radical (unpaired) electrons. The van der Waals surface area contributed by atoms with E-state index in [0.29, 0.717) is 34.5 Å². The maximum absolute atomic E-state index is 14.1. The molecule has 160 valence electrons. The summed E-state index contributed by atoms with van der Waals surface area (Å²) < 4.78 is 27.8. The van der Waals surface area contributed by atoms with Gasteiger partial charge in [-0.2, -0.15) is 0 Å². The van der Waals surface area contributed by atoms with Gasteiger partial charge in [-0.25, -0.2) is 13.8 Å². The van der Waals surface area contributed by atoms with Gasteiger partial charge in [0, 0.05) is 37.4 Å². The summed E-state index contributed by atoms with van der Waals surface area (Å²) in [6.07, 6.45) is 7.58. The van der Waals surface area contributed by atoms with Gasteiger partial charge in [0.05, 0.1) is 22.5 Å². The number of nitrogens with zero attached hydrogens (tertiary/aromatic N) is 4. The highest BCUT2D eigenvalue weighted by Gasteiger charge is 2.14. The van der Waals surface area contributed by atoms with Crippen LogP contribution in [0.15, 0.2) is 49.1 Å². The normalized spacial score (nSPS) is 16.0. The largest absolute Gasteiger partial charge is 0.320 e. The zero-order valence-electron chi connectivity index (χ0n) is 17.0. The van der Waals surface area contributed by atoms with Crippen molar-refractivity contribution < 1.29 is 13.6 Å². The summed E-state index contributed by atoms with van der Waals surface area (Å²) in [7, 11) is 0. The first kappa shape index (κ1) is 20.8. The lowest BCUT2D eigenvalue weighted by Gasteiger charge is -2.14. The molecule has 2 N–H and O–H groups in total. The first-order valence-corrected chi connectivity index (χ1v) is 10.0. The fourth-order valence-corrected chi connectivity index (χ4v) is 3.43. The molecule has 4 heterocycles. The molecule has 0 saturated carbocycles. The van der Waals surface area contributed by atoms with E-state index in [1.54, 1.807) is 48.1 Å². The summed E-state index contributed by atoms with van der Waals surface area (Å²) in [6, 6.07) is 6.41. The summed E-state index contributed by atoms with van der Waals surface area (Å²) in [5.74, 6) is -0.879. The van der Waals surface area contributed by atoms with E-state index in [9.17, 15) is 13.6 Å². The number of hydrogen-bond donors (Lipinski definition) is 2. The number of aromatic nitrogens is 4. The van der Waals surface area contributed by atoms with E-state index in [0.717, 1.165) is 19.4 Å². The van der Waals surface area contributed by atoms with Gasteiger partial charge >= 0.3 is 0 Å². The summed E-state index contributed by atoms with van der Waals surface area (Å²) in [5, 5.41) is 5.66. The standard InChI is InChI=1S/C17H12FN5O.C5H10FN/c1-10-8-23-9-11(7-13(18)16(23)21-10)22-17(24)12-3-2-4-14-15(12)20-6-5-19-14;6-5-2-1-3-7-4-5/h2-9H,1H3,(H,22,24);5,7H,1-4H2. The van der Waals surface area contributed by atoms with Crippen molar-refractivity contribution in [1.82, 2.24) is 24.7 Å². The van der Waals surface area contributed by atoms with E-state index in [2.05, 4.69) is 25.6 Å². The zero-order chi connectivity index (χ0) is 21.8. The van der Waals surface area contributed by atoms with Crippen molar-refractivity contribution in [3.8, 4) is 0 Å². The fraction of sp³-hybridized carbons (Fsp3) is 0.273. The average molecular weight is 424 g/mol. The molecule has 31 heavy (non-hydrogen) atoms. The molecule has 0 spiro atoms. The molecule has 1 aromatic carbocycles. The number of imidazole rings is 1. The summed E-state index contributed by atoms with van der Waals surface area (Å²) >= 11 is 0. The average Bonchev–Trinajstić information content (AvgIpc) is 3.15. The highest BCUT2D eigenvalue weighted by molar-refractivity contribution is 6.11. The van der Waals surface area contributed by atoms with Gasteiger partial charge in [-0.1, -0.05) is 6.07 Å². The van der Waals surface area contributed by atoms with Gasteiger partial charge in [-0.05, 0) is 38.4 Å². The van der Waals surface area contributed by atoms with Gasteiger partial charge in [0.2, 0.25) is 0 Å². The maximum atomic E-state index is 14.1. The second-order valence-electron chi connectivity index (χ2n) is 7.32. The summed E-state index contributed by atoms with van der Waals surface area (Å²) in [5.41, 5.74) is 2.75. The van der Waals surface area contributed by atoms with E-state index in [1.165, 1.54) is 12.3 Å². The molecule has 1 saturated heterocycles. The smallest absolute Gasteiger partial charge is 0.257 e. The Kier molecular flexibility index (Phi) is 6.13. The van der Waals surface area contributed by atoms with Crippen LogP contribution in [-0.4, -0.2) is 44.5 Å². The minimum absolute atomic E-state index is 0.224. The molecular formula is C22H22F2N6O. The Morgan fingerprint density at radius 1 is 1.26 bits per heavy atom. The van der Waals surface area contributed by atoms with Crippen LogP contribution in [0.1, 0.15) is 28.9 Å². The number of nitrogens with one attached hydrogen (secondary N) is 2. The number of benzene rings is 1. The second-order valence-corrected chi connectivity index (χ2v) is 7.32. The number of carbonyl (C=O) groups is 1. The molecule has 9 heteroatoms. The van der Waals surface area contributed by atoms with Gasteiger partial charge in [0.25, 0.3) is 5.91 Å². The van der Waals surface area contributed by atoms with Crippen LogP contribution in [-0.2, 0) is 0 Å². The molecule has 3 aromatic heterocycles. The monoisotopic (exact) mass is 424 g/mol. The number of carbonyl (C=O) groups excluding carboxylic acids is 1. The van der Waals surface area contributed by atoms with Crippen LogP contribution in [0.25, 0.3) is 16.7 Å². The second kappa shape index (κ2) is 9.13. The number of anilines is 1. The van der Waals surface area contributed by atoms with Crippen molar-refractivity contribution in [1.29, 1.82) is 0 Å². The third-order valence-electron chi connectivity index (χ3n) is 4.86. The van der Waals surface area contributed by atoms with Crippen LogP contribution >= 0.6 is 0 Å². The summed E-state index contributed by atoms with van der Waals surface area (Å²) in [4.78, 5) is 25.0. The first-order chi connectivity index (χ1) is 15.0. The Morgan fingerprint density at radius 2 is 2.10 bits per heavy atom. The van der Waals surface area contributed by atoms with Crippen LogP contribution in [0.2, 0.25) is 0 Å². The lowest BCUT2D eigenvalue weighted by atomic mass is 10.1. The van der Waals surface area contributed by atoms with E-state index >= 15 is 0 Å². The zero-order valence-corrected chi connectivity index (χ0v) is 17.0. The van der Waals surface area contributed by atoms with E-state index in [-0.39, 0.29) is 11.6 Å². The lowest BCUT2D eigenvalue weighted by Crippen LogP contribution is -2.30. The Morgan fingerprint density at radius 3 is 2.84 bits per heavy atom. The SMILES string of the molecule is Cc1cn2cc(NC(=O)c3cccc4nccnc34)cc(F)c2n1.FC1CCCNC1. The molecule has 1 aliphatic heterocycles. The maximum Gasteiger partial charge on any atom is 0.257 e. The third kappa shape index (κ3) is 4.83. The van der Waals surface area contributed by atoms with Crippen molar-refractivity contribution in [2.45, 2.75) is 25.9 Å². The predicted molar refractivity (Wildman–Crippen MR) is 114 cm³/mol. The molecule has 1 atom stereocenters. The van der Waals surface area contributed by atoms with Crippen LogP contribution in [0.5, 0.6) is 0 Å². The lowest BCUT2D eigenvalue weighted by molar-refractivity contribution is 0.102. The minimum Gasteiger partial charge on any atom is -0.320 e. The topological polar surface area (TPSA) is 84.2 Å². The number of alkyl halides is 1. The number of fused-ring (bicyclic) bond motifs is 2. The van der Waals surface area contributed by atoms with Crippen molar-refractivity contribution in [2.24, 2.45) is 0 Å². The van der Waals surface area contributed by atoms with Gasteiger partial charge in [-0.15, -0.1) is 0 Å². The Labute approximate surface area is 177 Å². The van der Waals surface area contributed by atoms with Crippen molar-refractivity contribution >= 4 is 28.3 Å².